The minimum absolute atomic E-state index is 0.615. The molecule has 3 nitrogen and oxygen atoms in total. The zero-order chi connectivity index (χ0) is 13.0. The molecule has 98 valence electrons. The molecule has 1 unspecified atom stereocenters. The van der Waals surface area contributed by atoms with Gasteiger partial charge < -0.3 is 10.4 Å². The standard InChI is InChI=1S/C14H19NO2S/c1-15-13(14(16)17)10-6-8-12(9-7-10)18-11-4-2-3-5-11/h6-9,11,13,15H,2-5H2,1H3,(H,16,17). The topological polar surface area (TPSA) is 49.3 Å². The molecule has 1 atom stereocenters. The molecule has 0 heterocycles. The Morgan fingerprint density at radius 3 is 2.44 bits per heavy atom. The van der Waals surface area contributed by atoms with Crippen LogP contribution in [0, 0.1) is 0 Å². The molecular formula is C14H19NO2S. The third kappa shape index (κ3) is 3.27. The van der Waals surface area contributed by atoms with Crippen molar-refractivity contribution in [2.45, 2.75) is 41.9 Å². The van der Waals surface area contributed by atoms with Gasteiger partial charge in [-0.2, -0.15) is 0 Å². The maximum atomic E-state index is 11.0. The lowest BCUT2D eigenvalue weighted by atomic mass is 10.1. The van der Waals surface area contributed by atoms with Crippen LogP contribution in [0.25, 0.3) is 0 Å². The summed E-state index contributed by atoms with van der Waals surface area (Å²) in [5, 5.41) is 12.6. The maximum Gasteiger partial charge on any atom is 0.325 e. The molecule has 0 bridgehead atoms. The molecule has 1 aromatic rings. The van der Waals surface area contributed by atoms with Crippen LogP contribution in [0.4, 0.5) is 0 Å². The van der Waals surface area contributed by atoms with E-state index in [9.17, 15) is 4.79 Å². The lowest BCUT2D eigenvalue weighted by molar-refractivity contribution is -0.139. The van der Waals surface area contributed by atoms with Gasteiger partial charge in [-0.25, -0.2) is 0 Å². The normalized spacial score (nSPS) is 17.8. The Morgan fingerprint density at radius 1 is 1.33 bits per heavy atom. The summed E-state index contributed by atoms with van der Waals surface area (Å²) in [7, 11) is 1.67. The monoisotopic (exact) mass is 265 g/mol. The summed E-state index contributed by atoms with van der Waals surface area (Å²) in [5.74, 6) is -0.839. The van der Waals surface area contributed by atoms with Gasteiger partial charge >= 0.3 is 5.97 Å². The average Bonchev–Trinajstić information content (AvgIpc) is 2.84. The second kappa shape index (κ2) is 6.25. The second-order valence-corrected chi connectivity index (χ2v) is 6.03. The molecule has 1 fully saturated rings. The third-order valence-corrected chi connectivity index (χ3v) is 4.70. The molecule has 2 N–H and O–H groups in total. The second-order valence-electron chi connectivity index (χ2n) is 4.65. The first-order valence-electron chi connectivity index (χ1n) is 6.37. The summed E-state index contributed by atoms with van der Waals surface area (Å²) in [6.45, 7) is 0. The number of rotatable bonds is 5. The minimum atomic E-state index is -0.839. The number of thioether (sulfide) groups is 1. The fourth-order valence-corrected chi connectivity index (χ4v) is 3.62. The van der Waals surface area contributed by atoms with Crippen LogP contribution >= 0.6 is 11.8 Å². The first kappa shape index (κ1) is 13.4. The van der Waals surface area contributed by atoms with Gasteiger partial charge in [-0.3, -0.25) is 4.79 Å². The first-order valence-corrected chi connectivity index (χ1v) is 7.25. The van der Waals surface area contributed by atoms with Gasteiger partial charge in [0, 0.05) is 10.1 Å². The number of benzene rings is 1. The Morgan fingerprint density at radius 2 is 1.94 bits per heavy atom. The van der Waals surface area contributed by atoms with Crippen molar-refractivity contribution in [3.63, 3.8) is 0 Å². The molecule has 1 saturated carbocycles. The van der Waals surface area contributed by atoms with E-state index in [0.717, 1.165) is 10.8 Å². The van der Waals surface area contributed by atoms with Crippen molar-refractivity contribution < 1.29 is 9.90 Å². The van der Waals surface area contributed by atoms with Crippen LogP contribution < -0.4 is 5.32 Å². The fraction of sp³-hybridized carbons (Fsp3) is 0.500. The van der Waals surface area contributed by atoms with E-state index in [1.165, 1.54) is 30.6 Å². The van der Waals surface area contributed by atoms with Crippen molar-refractivity contribution in [2.75, 3.05) is 7.05 Å². The zero-order valence-corrected chi connectivity index (χ0v) is 11.4. The van der Waals surface area contributed by atoms with Crippen molar-refractivity contribution >= 4 is 17.7 Å². The Balaban J connectivity index is 2.02. The van der Waals surface area contributed by atoms with Crippen LogP contribution in [0.3, 0.4) is 0 Å². The predicted molar refractivity (Wildman–Crippen MR) is 74.0 cm³/mol. The summed E-state index contributed by atoms with van der Waals surface area (Å²) in [4.78, 5) is 12.3. The lowest BCUT2D eigenvalue weighted by Crippen LogP contribution is -2.24. The molecule has 4 heteroatoms. The Kier molecular flexibility index (Phi) is 4.66. The van der Waals surface area contributed by atoms with E-state index in [2.05, 4.69) is 5.32 Å². The Bertz CT molecular complexity index is 399. The van der Waals surface area contributed by atoms with E-state index in [0.29, 0.717) is 0 Å². The number of nitrogens with one attached hydrogen (secondary N) is 1. The van der Waals surface area contributed by atoms with Crippen LogP contribution in [-0.2, 0) is 4.79 Å². The first-order chi connectivity index (χ1) is 8.70. The molecule has 0 saturated heterocycles. The molecule has 1 aromatic carbocycles. The molecule has 0 amide bonds. The van der Waals surface area contributed by atoms with Gasteiger partial charge in [0.1, 0.15) is 6.04 Å². The summed E-state index contributed by atoms with van der Waals surface area (Å²) in [6.07, 6.45) is 5.30. The maximum absolute atomic E-state index is 11.0. The Labute approximate surface area is 112 Å². The van der Waals surface area contributed by atoms with Gasteiger partial charge in [0.25, 0.3) is 0 Å². The predicted octanol–water partition coefficient (Wildman–Crippen LogP) is 3.07. The van der Waals surface area contributed by atoms with E-state index in [1.807, 2.05) is 36.0 Å². The van der Waals surface area contributed by atoms with Crippen LogP contribution in [0.2, 0.25) is 0 Å². The van der Waals surface area contributed by atoms with Crippen LogP contribution in [0.1, 0.15) is 37.3 Å². The molecule has 18 heavy (non-hydrogen) atoms. The minimum Gasteiger partial charge on any atom is -0.480 e. The number of hydrogen-bond donors (Lipinski definition) is 2. The van der Waals surface area contributed by atoms with Crippen molar-refractivity contribution in [3.8, 4) is 0 Å². The highest BCUT2D eigenvalue weighted by molar-refractivity contribution is 8.00. The van der Waals surface area contributed by atoms with Crippen LogP contribution in [0.15, 0.2) is 29.2 Å². The highest BCUT2D eigenvalue weighted by Gasteiger charge is 2.18. The van der Waals surface area contributed by atoms with Gasteiger partial charge in [-0.15, -0.1) is 11.8 Å². The van der Waals surface area contributed by atoms with Crippen molar-refractivity contribution in [1.29, 1.82) is 0 Å². The largest absolute Gasteiger partial charge is 0.480 e. The van der Waals surface area contributed by atoms with Gasteiger partial charge in [0.15, 0.2) is 0 Å². The summed E-state index contributed by atoms with van der Waals surface area (Å²) < 4.78 is 0. The van der Waals surface area contributed by atoms with E-state index in [-0.39, 0.29) is 0 Å². The van der Waals surface area contributed by atoms with Crippen LogP contribution in [0.5, 0.6) is 0 Å². The van der Waals surface area contributed by atoms with Crippen molar-refractivity contribution in [3.05, 3.63) is 29.8 Å². The molecule has 0 aromatic heterocycles. The summed E-state index contributed by atoms with van der Waals surface area (Å²) >= 11 is 1.92. The SMILES string of the molecule is CNC(C(=O)O)c1ccc(SC2CCCC2)cc1. The smallest absolute Gasteiger partial charge is 0.325 e. The molecular weight excluding hydrogens is 246 g/mol. The van der Waals surface area contributed by atoms with Crippen molar-refractivity contribution in [2.24, 2.45) is 0 Å². The fourth-order valence-electron chi connectivity index (χ4n) is 2.37. The highest BCUT2D eigenvalue weighted by atomic mass is 32.2. The molecule has 0 radical (unpaired) electrons. The van der Waals surface area contributed by atoms with E-state index in [1.54, 1.807) is 7.05 Å². The molecule has 0 spiro atoms. The van der Waals surface area contributed by atoms with E-state index >= 15 is 0 Å². The van der Waals surface area contributed by atoms with Crippen LogP contribution in [-0.4, -0.2) is 23.4 Å². The van der Waals surface area contributed by atoms with Crippen molar-refractivity contribution in [1.82, 2.24) is 5.32 Å². The number of hydrogen-bond acceptors (Lipinski definition) is 3. The third-order valence-electron chi connectivity index (χ3n) is 3.35. The Hall–Kier alpha value is -1.00. The quantitative estimate of drug-likeness (QED) is 0.859. The number of carbonyl (C=O) groups is 1. The van der Waals surface area contributed by atoms with Gasteiger partial charge in [0.2, 0.25) is 0 Å². The van der Waals surface area contributed by atoms with Gasteiger partial charge in [-0.1, -0.05) is 25.0 Å². The average molecular weight is 265 g/mol. The number of aliphatic carboxylic acids is 1. The lowest BCUT2D eigenvalue weighted by Gasteiger charge is -2.13. The number of carboxylic acid groups (broad SMARTS) is 1. The zero-order valence-electron chi connectivity index (χ0n) is 10.6. The molecule has 2 rings (SSSR count). The number of carboxylic acids is 1. The molecule has 1 aliphatic carbocycles. The summed E-state index contributed by atoms with van der Waals surface area (Å²) in [5.41, 5.74) is 0.806. The molecule has 1 aliphatic rings. The van der Waals surface area contributed by atoms with Gasteiger partial charge in [-0.05, 0) is 37.6 Å². The van der Waals surface area contributed by atoms with Gasteiger partial charge in [0.05, 0.1) is 0 Å². The van der Waals surface area contributed by atoms with E-state index < -0.39 is 12.0 Å². The summed E-state index contributed by atoms with van der Waals surface area (Å²) in [6, 6.07) is 7.27. The number of likely N-dealkylation sites (N-methyl/N-ethyl adjacent to an activating group) is 1. The molecule has 0 aliphatic heterocycles. The highest BCUT2D eigenvalue weighted by Crippen LogP contribution is 2.34. The van der Waals surface area contributed by atoms with E-state index in [4.69, 9.17) is 5.11 Å².